The summed E-state index contributed by atoms with van der Waals surface area (Å²) >= 11 is 0. The number of nitrogens with zero attached hydrogens (tertiary/aromatic N) is 1. The molecule has 2 rings (SSSR count). The smallest absolute Gasteiger partial charge is 0.242 e. The largest absolute Gasteiger partial charge is 0.380 e. The van der Waals surface area contributed by atoms with Crippen LogP contribution in [0.3, 0.4) is 0 Å². The van der Waals surface area contributed by atoms with Gasteiger partial charge in [-0.3, -0.25) is 4.79 Å². The number of amides is 1. The number of aromatic nitrogens is 1. The second-order valence-corrected chi connectivity index (χ2v) is 3.76. The predicted molar refractivity (Wildman–Crippen MR) is 74.6 cm³/mol. The summed E-state index contributed by atoms with van der Waals surface area (Å²) in [6.07, 6.45) is 2.48. The zero-order valence-electron chi connectivity index (χ0n) is 9.96. The van der Waals surface area contributed by atoms with E-state index in [1.54, 1.807) is 19.4 Å². The molecule has 102 valence electrons. The zero-order chi connectivity index (χ0) is 11.4. The highest BCUT2D eigenvalue weighted by atomic mass is 35.5. The van der Waals surface area contributed by atoms with Crippen LogP contribution < -0.4 is 10.6 Å². The van der Waals surface area contributed by atoms with E-state index in [9.17, 15) is 4.79 Å². The maximum atomic E-state index is 11.8. The quantitative estimate of drug-likeness (QED) is 0.880. The van der Waals surface area contributed by atoms with Crippen molar-refractivity contribution in [3.05, 3.63) is 24.4 Å². The van der Waals surface area contributed by atoms with Crippen molar-refractivity contribution >= 4 is 36.5 Å². The van der Waals surface area contributed by atoms with E-state index in [0.717, 1.165) is 6.54 Å². The minimum atomic E-state index is -0.188. The van der Waals surface area contributed by atoms with Gasteiger partial charge < -0.3 is 15.4 Å². The Morgan fingerprint density at radius 1 is 1.50 bits per heavy atom. The molecule has 0 bridgehead atoms. The van der Waals surface area contributed by atoms with Crippen molar-refractivity contribution < 1.29 is 9.53 Å². The van der Waals surface area contributed by atoms with E-state index in [0.29, 0.717) is 12.2 Å². The molecular weight excluding hydrogens is 277 g/mol. The summed E-state index contributed by atoms with van der Waals surface area (Å²) < 4.78 is 5.18. The van der Waals surface area contributed by atoms with Crippen molar-refractivity contribution in [2.24, 2.45) is 0 Å². The number of hydrogen-bond donors (Lipinski definition) is 2. The summed E-state index contributed by atoms with van der Waals surface area (Å²) in [6.45, 7) is 0.719. The highest BCUT2D eigenvalue weighted by Gasteiger charge is 2.29. The molecule has 2 atom stereocenters. The van der Waals surface area contributed by atoms with Gasteiger partial charge in [0, 0.05) is 19.9 Å². The lowest BCUT2D eigenvalue weighted by molar-refractivity contribution is -0.118. The van der Waals surface area contributed by atoms with Gasteiger partial charge in [0.05, 0.1) is 12.1 Å². The predicted octanol–water partition coefficient (Wildman–Crippen LogP) is 1.24. The van der Waals surface area contributed by atoms with Gasteiger partial charge in [0.25, 0.3) is 0 Å². The third kappa shape index (κ3) is 4.42. The Bertz CT molecular complexity index is 365. The number of carbonyl (C=O) groups is 1. The first-order valence-corrected chi connectivity index (χ1v) is 5.27. The van der Waals surface area contributed by atoms with Gasteiger partial charge in [-0.2, -0.15) is 0 Å². The van der Waals surface area contributed by atoms with E-state index < -0.39 is 0 Å². The second-order valence-electron chi connectivity index (χ2n) is 3.76. The van der Waals surface area contributed by atoms with Crippen LogP contribution in [-0.2, 0) is 9.53 Å². The molecule has 0 spiro atoms. The number of pyridine rings is 1. The Balaban J connectivity index is 0.00000144. The Morgan fingerprint density at radius 3 is 2.83 bits per heavy atom. The molecule has 1 fully saturated rings. The van der Waals surface area contributed by atoms with E-state index in [2.05, 4.69) is 15.6 Å². The van der Waals surface area contributed by atoms with Crippen LogP contribution in [0.4, 0.5) is 5.82 Å². The Hall–Kier alpha value is -0.880. The summed E-state index contributed by atoms with van der Waals surface area (Å²) in [5.74, 6) is 0.522. The Kier molecular flexibility index (Phi) is 7.86. The highest BCUT2D eigenvalue weighted by Crippen LogP contribution is 2.11. The molecule has 1 amide bonds. The van der Waals surface area contributed by atoms with E-state index in [1.807, 2.05) is 12.1 Å². The standard InChI is InChI=1S/C11H15N3O2.2ClH/c1-16-8-6-9(13-7-8)11(15)14-10-4-2-3-5-12-10;;/h2-5,8-9,13H,6-7H2,1H3,(H,12,14,15);2*1H/t8-,9-;;/m0../s1. The molecular formula is C11H17Cl2N3O2. The van der Waals surface area contributed by atoms with Gasteiger partial charge in [-0.1, -0.05) is 6.07 Å². The lowest BCUT2D eigenvalue weighted by atomic mass is 10.2. The summed E-state index contributed by atoms with van der Waals surface area (Å²) in [5.41, 5.74) is 0. The Labute approximate surface area is 119 Å². The molecule has 2 heterocycles. The summed E-state index contributed by atoms with van der Waals surface area (Å²) in [7, 11) is 1.66. The zero-order valence-corrected chi connectivity index (χ0v) is 11.6. The summed E-state index contributed by atoms with van der Waals surface area (Å²) in [4.78, 5) is 15.8. The lowest BCUT2D eigenvalue weighted by Gasteiger charge is -2.10. The molecule has 1 saturated heterocycles. The summed E-state index contributed by atoms with van der Waals surface area (Å²) in [5, 5.41) is 5.87. The van der Waals surface area contributed by atoms with E-state index in [4.69, 9.17) is 4.74 Å². The van der Waals surface area contributed by atoms with Crippen LogP contribution in [0, 0.1) is 0 Å². The topological polar surface area (TPSA) is 63.2 Å². The fraction of sp³-hybridized carbons (Fsp3) is 0.455. The van der Waals surface area contributed by atoms with Gasteiger partial charge in [0.15, 0.2) is 0 Å². The van der Waals surface area contributed by atoms with Crippen LogP contribution in [0.2, 0.25) is 0 Å². The SMILES string of the molecule is CO[C@@H]1CN[C@H](C(=O)Nc2ccccn2)C1.Cl.Cl. The first-order valence-electron chi connectivity index (χ1n) is 5.27. The number of carbonyl (C=O) groups excluding carboxylic acids is 1. The number of nitrogens with one attached hydrogen (secondary N) is 2. The average Bonchev–Trinajstić information content (AvgIpc) is 2.79. The number of ether oxygens (including phenoxy) is 1. The van der Waals surface area contributed by atoms with Crippen molar-refractivity contribution in [1.29, 1.82) is 0 Å². The van der Waals surface area contributed by atoms with Crippen molar-refractivity contribution in [3.8, 4) is 0 Å². The van der Waals surface area contributed by atoms with Gasteiger partial charge in [0.2, 0.25) is 5.91 Å². The number of hydrogen-bond acceptors (Lipinski definition) is 4. The monoisotopic (exact) mass is 293 g/mol. The molecule has 1 aromatic heterocycles. The molecule has 0 saturated carbocycles. The highest BCUT2D eigenvalue weighted by molar-refractivity contribution is 5.94. The average molecular weight is 294 g/mol. The first kappa shape index (κ1) is 17.1. The molecule has 0 unspecified atom stereocenters. The van der Waals surface area contributed by atoms with E-state index in [1.165, 1.54) is 0 Å². The van der Waals surface area contributed by atoms with Gasteiger partial charge in [0.1, 0.15) is 5.82 Å². The number of methoxy groups -OCH3 is 1. The van der Waals surface area contributed by atoms with Crippen LogP contribution in [-0.4, -0.2) is 36.7 Å². The van der Waals surface area contributed by atoms with Crippen molar-refractivity contribution in [1.82, 2.24) is 10.3 Å². The second kappa shape index (κ2) is 8.26. The van der Waals surface area contributed by atoms with Crippen LogP contribution in [0.1, 0.15) is 6.42 Å². The third-order valence-electron chi connectivity index (χ3n) is 2.66. The molecule has 0 radical (unpaired) electrons. The molecule has 5 nitrogen and oxygen atoms in total. The van der Waals surface area contributed by atoms with Crippen LogP contribution in [0.25, 0.3) is 0 Å². The lowest BCUT2D eigenvalue weighted by Crippen LogP contribution is -2.35. The molecule has 7 heteroatoms. The fourth-order valence-corrected chi connectivity index (χ4v) is 1.73. The van der Waals surface area contributed by atoms with Gasteiger partial charge in [-0.25, -0.2) is 4.98 Å². The maximum absolute atomic E-state index is 11.8. The molecule has 1 aromatic rings. The van der Waals surface area contributed by atoms with Crippen LogP contribution >= 0.6 is 24.8 Å². The fourth-order valence-electron chi connectivity index (χ4n) is 1.73. The number of rotatable bonds is 3. The van der Waals surface area contributed by atoms with Crippen molar-refractivity contribution in [3.63, 3.8) is 0 Å². The number of anilines is 1. The van der Waals surface area contributed by atoms with E-state index >= 15 is 0 Å². The first-order chi connectivity index (χ1) is 7.79. The number of halogens is 2. The Morgan fingerprint density at radius 2 is 2.28 bits per heavy atom. The molecule has 2 N–H and O–H groups in total. The summed E-state index contributed by atoms with van der Waals surface area (Å²) in [6, 6.07) is 5.22. The normalized spacial score (nSPS) is 21.6. The minimum Gasteiger partial charge on any atom is -0.380 e. The third-order valence-corrected chi connectivity index (χ3v) is 2.66. The van der Waals surface area contributed by atoms with Gasteiger partial charge >= 0.3 is 0 Å². The minimum absolute atomic E-state index is 0. The van der Waals surface area contributed by atoms with Gasteiger partial charge in [-0.15, -0.1) is 24.8 Å². The molecule has 0 aromatic carbocycles. The molecule has 1 aliphatic heterocycles. The van der Waals surface area contributed by atoms with Crippen molar-refractivity contribution in [2.45, 2.75) is 18.6 Å². The van der Waals surface area contributed by atoms with Crippen LogP contribution in [0.5, 0.6) is 0 Å². The molecule has 0 aliphatic carbocycles. The van der Waals surface area contributed by atoms with Crippen molar-refractivity contribution in [2.75, 3.05) is 19.0 Å². The molecule has 1 aliphatic rings. The van der Waals surface area contributed by atoms with E-state index in [-0.39, 0.29) is 42.9 Å². The molecule has 18 heavy (non-hydrogen) atoms. The maximum Gasteiger partial charge on any atom is 0.242 e. The van der Waals surface area contributed by atoms with Crippen LogP contribution in [0.15, 0.2) is 24.4 Å². The van der Waals surface area contributed by atoms with Gasteiger partial charge in [-0.05, 0) is 18.6 Å².